The summed E-state index contributed by atoms with van der Waals surface area (Å²) in [7, 11) is 0. The van der Waals surface area contributed by atoms with Gasteiger partial charge in [0.25, 0.3) is 0 Å². The molecule has 1 unspecified atom stereocenters. The molecular formula is C73H114O6. The molecule has 0 bridgehead atoms. The molecule has 0 N–H and O–H groups in total. The van der Waals surface area contributed by atoms with Crippen LogP contribution in [0.2, 0.25) is 0 Å². The average Bonchev–Trinajstić information content (AvgIpc) is 3.45. The van der Waals surface area contributed by atoms with Gasteiger partial charge in [-0.25, -0.2) is 0 Å². The van der Waals surface area contributed by atoms with Crippen LogP contribution in [0.3, 0.4) is 0 Å². The van der Waals surface area contributed by atoms with Crippen molar-refractivity contribution in [1.29, 1.82) is 0 Å². The van der Waals surface area contributed by atoms with Gasteiger partial charge in [0.05, 0.1) is 0 Å². The van der Waals surface area contributed by atoms with E-state index in [1.807, 2.05) is 0 Å². The Morgan fingerprint density at radius 3 is 0.797 bits per heavy atom. The van der Waals surface area contributed by atoms with Gasteiger partial charge in [-0.2, -0.15) is 0 Å². The van der Waals surface area contributed by atoms with E-state index in [4.69, 9.17) is 14.2 Å². The molecule has 6 heteroatoms. The highest BCUT2D eigenvalue weighted by Crippen LogP contribution is 2.14. The Kier molecular flexibility index (Phi) is 61.0. The maximum atomic E-state index is 12.9. The molecule has 1 atom stereocenters. The Balaban J connectivity index is 4.45. The van der Waals surface area contributed by atoms with Gasteiger partial charge in [0, 0.05) is 19.3 Å². The first-order chi connectivity index (χ1) is 39.0. The first-order valence-electron chi connectivity index (χ1n) is 31.6. The van der Waals surface area contributed by atoms with E-state index in [0.717, 1.165) is 154 Å². The highest BCUT2D eigenvalue weighted by atomic mass is 16.6. The molecule has 0 aliphatic carbocycles. The van der Waals surface area contributed by atoms with Crippen LogP contribution in [0.1, 0.15) is 252 Å². The van der Waals surface area contributed by atoms with Crippen molar-refractivity contribution in [3.8, 4) is 0 Å². The molecule has 442 valence electrons. The third kappa shape index (κ3) is 63.5. The number of unbranched alkanes of at least 4 members (excludes halogenated alkanes) is 16. The van der Waals surface area contributed by atoms with E-state index >= 15 is 0 Å². The van der Waals surface area contributed by atoms with Crippen molar-refractivity contribution in [2.24, 2.45) is 0 Å². The monoisotopic (exact) mass is 1090 g/mol. The minimum atomic E-state index is -0.820. The largest absolute Gasteiger partial charge is 0.462 e. The zero-order valence-corrected chi connectivity index (χ0v) is 50.6. The van der Waals surface area contributed by atoms with Crippen LogP contribution >= 0.6 is 0 Å². The zero-order chi connectivity index (χ0) is 57.1. The first kappa shape index (κ1) is 73.8. The van der Waals surface area contributed by atoms with Crippen LogP contribution in [0.4, 0.5) is 0 Å². The molecule has 0 amide bonds. The number of rotatable bonds is 55. The number of hydrogen-bond acceptors (Lipinski definition) is 6. The van der Waals surface area contributed by atoms with Crippen LogP contribution in [0.25, 0.3) is 0 Å². The summed E-state index contributed by atoms with van der Waals surface area (Å²) in [6.45, 7) is 6.34. The second-order valence-electron chi connectivity index (χ2n) is 20.2. The summed E-state index contributed by atoms with van der Waals surface area (Å²) >= 11 is 0. The Morgan fingerprint density at radius 2 is 0.494 bits per heavy atom. The van der Waals surface area contributed by atoms with Crippen molar-refractivity contribution < 1.29 is 28.6 Å². The van der Waals surface area contributed by atoms with Gasteiger partial charge in [-0.05, 0) is 135 Å². The van der Waals surface area contributed by atoms with Gasteiger partial charge in [-0.3, -0.25) is 14.4 Å². The summed E-state index contributed by atoms with van der Waals surface area (Å²) < 4.78 is 16.8. The molecule has 0 fully saturated rings. The van der Waals surface area contributed by atoms with E-state index in [2.05, 4.69) is 191 Å². The Morgan fingerprint density at radius 1 is 0.266 bits per heavy atom. The van der Waals surface area contributed by atoms with Crippen LogP contribution in [0.15, 0.2) is 170 Å². The molecule has 0 aliphatic rings. The van der Waals surface area contributed by atoms with Gasteiger partial charge < -0.3 is 14.2 Å². The summed E-state index contributed by atoms with van der Waals surface area (Å²) in [4.78, 5) is 38.2. The molecule has 0 spiro atoms. The molecule has 79 heavy (non-hydrogen) atoms. The van der Waals surface area contributed by atoms with E-state index in [-0.39, 0.29) is 37.5 Å². The maximum absolute atomic E-state index is 12.9. The fourth-order valence-corrected chi connectivity index (χ4v) is 8.05. The number of allylic oxidation sites excluding steroid dienone is 28. The Bertz CT molecular complexity index is 1820. The normalized spacial score (nSPS) is 13.3. The molecule has 0 aliphatic heterocycles. The molecule has 0 saturated heterocycles. The third-order valence-electron chi connectivity index (χ3n) is 12.7. The van der Waals surface area contributed by atoms with Crippen molar-refractivity contribution in [2.75, 3.05) is 13.2 Å². The fraction of sp³-hybridized carbons (Fsp3) is 0.575. The van der Waals surface area contributed by atoms with Crippen molar-refractivity contribution in [3.05, 3.63) is 170 Å². The lowest BCUT2D eigenvalue weighted by atomic mass is 10.1. The number of carbonyl (C=O) groups excluding carboxylic acids is 3. The highest BCUT2D eigenvalue weighted by molar-refractivity contribution is 5.71. The SMILES string of the molecule is CC/C=C\C/C=C\C/C=C\C/C=C\C/C=C\C/C=C\C/C=C\C/C=C\CCCCCCC(=O)OCC(COC(=O)CCCCCCCCCCCCC)OC(=O)CCCC/C=C\C/C=C\C/C=C\C/C=C\C/C=C\C/C=C\CC. The molecule has 0 heterocycles. The fourth-order valence-electron chi connectivity index (χ4n) is 8.05. The zero-order valence-electron chi connectivity index (χ0n) is 50.6. The molecule has 0 aromatic carbocycles. The van der Waals surface area contributed by atoms with Crippen molar-refractivity contribution in [2.45, 2.75) is 258 Å². The van der Waals surface area contributed by atoms with Crippen molar-refractivity contribution in [3.63, 3.8) is 0 Å². The molecule has 0 saturated carbocycles. The van der Waals surface area contributed by atoms with E-state index < -0.39 is 6.10 Å². The summed E-state index contributed by atoms with van der Waals surface area (Å²) in [5, 5.41) is 0. The summed E-state index contributed by atoms with van der Waals surface area (Å²) in [6, 6.07) is 0. The topological polar surface area (TPSA) is 78.9 Å². The van der Waals surface area contributed by atoms with Gasteiger partial charge in [-0.1, -0.05) is 268 Å². The van der Waals surface area contributed by atoms with Gasteiger partial charge in [0.1, 0.15) is 13.2 Å². The van der Waals surface area contributed by atoms with Crippen LogP contribution in [-0.2, 0) is 28.6 Å². The second-order valence-corrected chi connectivity index (χ2v) is 20.2. The lowest BCUT2D eigenvalue weighted by molar-refractivity contribution is -0.167. The Labute approximate surface area is 485 Å². The van der Waals surface area contributed by atoms with Crippen LogP contribution in [0, 0.1) is 0 Å². The van der Waals surface area contributed by atoms with Gasteiger partial charge >= 0.3 is 17.9 Å². The number of ether oxygens (including phenoxy) is 3. The van der Waals surface area contributed by atoms with E-state index in [1.54, 1.807) is 0 Å². The quantitative estimate of drug-likeness (QED) is 0.0261. The Hall–Kier alpha value is -5.23. The molecule has 0 rings (SSSR count). The van der Waals surface area contributed by atoms with Crippen LogP contribution in [-0.4, -0.2) is 37.2 Å². The second kappa shape index (κ2) is 65.3. The molecule has 0 aromatic rings. The van der Waals surface area contributed by atoms with E-state index in [1.165, 1.54) is 51.4 Å². The standard InChI is InChI=1S/C73H114O6/c1-4-7-10-13-16-19-22-24-26-28-30-32-33-34-35-36-37-38-39-41-42-44-46-48-51-54-57-60-63-66-72(75)78-69-70(68-77-71(74)65-62-59-56-53-50-21-18-15-12-9-6-3)79-73(76)67-64-61-58-55-52-49-47-45-43-40-31-29-27-25-23-20-17-14-11-8-5-2/h7-8,10-11,16-17,19-20,24-27,30-32,34-35,37-38,40-42,45-48,52,55,70H,4-6,9,12-15,18,21-23,28-29,33,36,39,43-44,49-51,53-54,56-69H2,1-3H3/b10-7-,11-8-,19-16-,20-17-,26-24-,27-25-,32-30-,35-34-,38-37-,40-31-,42-41-,47-45-,48-46-,55-52-. The number of esters is 3. The molecule has 0 radical (unpaired) electrons. The van der Waals surface area contributed by atoms with Gasteiger partial charge in [0.2, 0.25) is 0 Å². The highest BCUT2D eigenvalue weighted by Gasteiger charge is 2.19. The molecule has 0 aromatic heterocycles. The number of carbonyl (C=O) groups is 3. The maximum Gasteiger partial charge on any atom is 0.306 e. The predicted octanol–water partition coefficient (Wildman–Crippen LogP) is 21.9. The van der Waals surface area contributed by atoms with E-state index in [0.29, 0.717) is 19.3 Å². The van der Waals surface area contributed by atoms with Crippen molar-refractivity contribution >= 4 is 17.9 Å². The number of hydrogen-bond donors (Lipinski definition) is 0. The van der Waals surface area contributed by atoms with Gasteiger partial charge in [0.15, 0.2) is 6.10 Å². The first-order valence-corrected chi connectivity index (χ1v) is 31.6. The van der Waals surface area contributed by atoms with E-state index in [9.17, 15) is 14.4 Å². The summed E-state index contributed by atoms with van der Waals surface area (Å²) in [6.07, 6.45) is 96.4. The van der Waals surface area contributed by atoms with Crippen LogP contribution in [0.5, 0.6) is 0 Å². The summed E-state index contributed by atoms with van der Waals surface area (Å²) in [5.74, 6) is -0.987. The predicted molar refractivity (Wildman–Crippen MR) is 343 cm³/mol. The molecule has 6 nitrogen and oxygen atoms in total. The molecular weight excluding hydrogens is 973 g/mol. The van der Waals surface area contributed by atoms with Gasteiger partial charge in [-0.15, -0.1) is 0 Å². The lowest BCUT2D eigenvalue weighted by Crippen LogP contribution is -2.30. The van der Waals surface area contributed by atoms with Crippen molar-refractivity contribution in [1.82, 2.24) is 0 Å². The average molecular weight is 1090 g/mol. The lowest BCUT2D eigenvalue weighted by Gasteiger charge is -2.18. The minimum absolute atomic E-state index is 0.110. The summed E-state index contributed by atoms with van der Waals surface area (Å²) in [5.41, 5.74) is 0. The third-order valence-corrected chi connectivity index (χ3v) is 12.7. The smallest absolute Gasteiger partial charge is 0.306 e. The minimum Gasteiger partial charge on any atom is -0.462 e. The van der Waals surface area contributed by atoms with Crippen LogP contribution < -0.4 is 0 Å².